The monoisotopic (exact) mass is 406 g/mol. The molecule has 7 nitrogen and oxygen atoms in total. The van der Waals surface area contributed by atoms with E-state index < -0.39 is 0 Å². The number of likely N-dealkylation sites (tertiary alicyclic amines) is 1. The molecule has 0 N–H and O–H groups in total. The summed E-state index contributed by atoms with van der Waals surface area (Å²) in [7, 11) is 0. The van der Waals surface area contributed by atoms with Crippen molar-refractivity contribution < 1.29 is 4.74 Å². The van der Waals surface area contributed by atoms with Crippen LogP contribution in [-0.2, 0) is 11.3 Å². The quantitative estimate of drug-likeness (QED) is 0.606. The molecule has 7 heteroatoms. The Morgan fingerprint density at radius 1 is 1.17 bits per heavy atom. The lowest BCUT2D eigenvalue weighted by Gasteiger charge is -2.39. The second-order valence-corrected chi connectivity index (χ2v) is 8.89. The van der Waals surface area contributed by atoms with Gasteiger partial charge in [0.15, 0.2) is 5.65 Å². The van der Waals surface area contributed by atoms with Crippen molar-refractivity contribution in [2.24, 2.45) is 0 Å². The van der Waals surface area contributed by atoms with Gasteiger partial charge in [0.2, 0.25) is 0 Å². The number of fused-ring (bicyclic) bond motifs is 1. The standard InChI is InChI=1S/C23H30N6O/c1-18(2)5-12-27-13-7-23(8-14-27)6-4-19(30-23)17-28-15-10-25-21(28)20-16-26-29-11-3-9-24-22(20)29/h3,5,9-11,15-16,19H,4,6-8,12-14,17H2,1-2H3. The minimum absolute atomic E-state index is 0.0683. The van der Waals surface area contributed by atoms with Crippen LogP contribution in [0, 0.1) is 0 Å². The summed E-state index contributed by atoms with van der Waals surface area (Å²) in [5.74, 6) is 0.907. The number of ether oxygens (including phenoxy) is 1. The molecule has 2 saturated heterocycles. The summed E-state index contributed by atoms with van der Waals surface area (Å²) in [6.45, 7) is 8.48. The zero-order valence-electron chi connectivity index (χ0n) is 17.9. The lowest BCUT2D eigenvalue weighted by molar-refractivity contribution is -0.0794. The molecule has 5 heterocycles. The molecule has 0 bridgehead atoms. The SMILES string of the molecule is CC(C)=CCN1CCC2(CCC(Cn3ccnc3-c3cnn4cccnc34)O2)CC1. The van der Waals surface area contributed by atoms with E-state index in [0.717, 1.165) is 68.9 Å². The average Bonchev–Trinajstić information content (AvgIpc) is 3.47. The van der Waals surface area contributed by atoms with Crippen molar-refractivity contribution >= 4 is 5.65 Å². The first-order chi connectivity index (χ1) is 14.6. The number of hydrogen-bond donors (Lipinski definition) is 0. The summed E-state index contributed by atoms with van der Waals surface area (Å²) in [5.41, 5.74) is 3.25. The van der Waals surface area contributed by atoms with Gasteiger partial charge in [0.05, 0.1) is 30.0 Å². The minimum atomic E-state index is 0.0683. The van der Waals surface area contributed by atoms with E-state index in [1.165, 1.54) is 5.57 Å². The van der Waals surface area contributed by atoms with Crippen LogP contribution in [0.4, 0.5) is 0 Å². The number of nitrogens with zero attached hydrogens (tertiary/aromatic N) is 6. The molecular formula is C23H30N6O. The summed E-state index contributed by atoms with van der Waals surface area (Å²) >= 11 is 0. The highest BCUT2D eigenvalue weighted by Gasteiger charge is 2.42. The van der Waals surface area contributed by atoms with Crippen LogP contribution in [0.5, 0.6) is 0 Å². The third-order valence-corrected chi connectivity index (χ3v) is 6.50. The summed E-state index contributed by atoms with van der Waals surface area (Å²) < 4.78 is 10.7. The molecule has 30 heavy (non-hydrogen) atoms. The Balaban J connectivity index is 1.25. The second-order valence-electron chi connectivity index (χ2n) is 8.89. The second kappa shape index (κ2) is 7.96. The molecule has 5 rings (SSSR count). The van der Waals surface area contributed by atoms with Crippen molar-refractivity contribution in [3.63, 3.8) is 0 Å². The molecule has 1 atom stereocenters. The molecule has 0 aliphatic carbocycles. The van der Waals surface area contributed by atoms with Gasteiger partial charge in [0, 0.05) is 44.4 Å². The zero-order valence-corrected chi connectivity index (χ0v) is 17.9. The summed E-state index contributed by atoms with van der Waals surface area (Å²) in [4.78, 5) is 11.6. The van der Waals surface area contributed by atoms with E-state index in [-0.39, 0.29) is 11.7 Å². The van der Waals surface area contributed by atoms with Crippen molar-refractivity contribution in [3.8, 4) is 11.4 Å². The number of piperidine rings is 1. The van der Waals surface area contributed by atoms with Gasteiger partial charge in [-0.3, -0.25) is 4.90 Å². The van der Waals surface area contributed by atoms with E-state index in [2.05, 4.69) is 44.5 Å². The number of aromatic nitrogens is 5. The Hall–Kier alpha value is -2.51. The largest absolute Gasteiger partial charge is 0.370 e. The van der Waals surface area contributed by atoms with E-state index in [4.69, 9.17) is 4.74 Å². The van der Waals surface area contributed by atoms with Gasteiger partial charge in [-0.25, -0.2) is 14.5 Å². The molecule has 2 aliphatic rings. The van der Waals surface area contributed by atoms with Crippen LogP contribution in [0.1, 0.15) is 39.5 Å². The van der Waals surface area contributed by atoms with Gasteiger partial charge in [-0.15, -0.1) is 0 Å². The fraction of sp³-hybridized carbons (Fsp3) is 0.522. The molecule has 158 valence electrons. The molecule has 2 fully saturated rings. The Labute approximate surface area is 177 Å². The van der Waals surface area contributed by atoms with Crippen LogP contribution >= 0.6 is 0 Å². The zero-order chi connectivity index (χ0) is 20.6. The smallest absolute Gasteiger partial charge is 0.165 e. The van der Waals surface area contributed by atoms with Crippen molar-refractivity contribution in [1.82, 2.24) is 29.0 Å². The van der Waals surface area contributed by atoms with Crippen LogP contribution in [-0.4, -0.2) is 60.4 Å². The molecule has 2 aliphatic heterocycles. The first-order valence-corrected chi connectivity index (χ1v) is 11.0. The number of rotatable bonds is 5. The van der Waals surface area contributed by atoms with E-state index in [1.54, 1.807) is 10.7 Å². The van der Waals surface area contributed by atoms with E-state index in [1.807, 2.05) is 30.9 Å². The molecule has 3 aromatic heterocycles. The van der Waals surface area contributed by atoms with Crippen LogP contribution in [0.15, 0.2) is 48.7 Å². The van der Waals surface area contributed by atoms with Crippen LogP contribution < -0.4 is 0 Å². The maximum Gasteiger partial charge on any atom is 0.165 e. The molecule has 1 spiro atoms. The van der Waals surface area contributed by atoms with Gasteiger partial charge < -0.3 is 9.30 Å². The van der Waals surface area contributed by atoms with Crippen LogP contribution in [0.25, 0.3) is 17.0 Å². The van der Waals surface area contributed by atoms with Gasteiger partial charge in [-0.2, -0.15) is 5.10 Å². The summed E-state index contributed by atoms with van der Waals surface area (Å²) in [6, 6.07) is 1.88. The predicted molar refractivity (Wildman–Crippen MR) is 116 cm³/mol. The minimum Gasteiger partial charge on any atom is -0.370 e. The van der Waals surface area contributed by atoms with Crippen molar-refractivity contribution in [3.05, 3.63) is 48.7 Å². The van der Waals surface area contributed by atoms with Gasteiger partial charge in [-0.05, 0) is 45.6 Å². The van der Waals surface area contributed by atoms with E-state index in [0.29, 0.717) is 0 Å². The normalized spacial score (nSPS) is 21.5. The van der Waals surface area contributed by atoms with E-state index in [9.17, 15) is 0 Å². The highest BCUT2D eigenvalue weighted by atomic mass is 16.5. The highest BCUT2D eigenvalue weighted by molar-refractivity contribution is 5.72. The fourth-order valence-electron chi connectivity index (χ4n) is 4.75. The van der Waals surface area contributed by atoms with Gasteiger partial charge in [-0.1, -0.05) is 11.6 Å². The summed E-state index contributed by atoms with van der Waals surface area (Å²) in [6.07, 6.45) is 16.5. The first kappa shape index (κ1) is 19.5. The van der Waals surface area contributed by atoms with Crippen molar-refractivity contribution in [1.29, 1.82) is 0 Å². The van der Waals surface area contributed by atoms with Crippen LogP contribution in [0.3, 0.4) is 0 Å². The van der Waals surface area contributed by atoms with Crippen molar-refractivity contribution in [2.45, 2.75) is 57.8 Å². The summed E-state index contributed by atoms with van der Waals surface area (Å²) in [5, 5.41) is 4.41. The van der Waals surface area contributed by atoms with E-state index >= 15 is 0 Å². The van der Waals surface area contributed by atoms with Crippen molar-refractivity contribution in [2.75, 3.05) is 19.6 Å². The maximum absolute atomic E-state index is 6.67. The van der Waals surface area contributed by atoms with Gasteiger partial charge >= 0.3 is 0 Å². The molecule has 3 aromatic rings. The highest BCUT2D eigenvalue weighted by Crippen LogP contribution is 2.39. The molecule has 0 aromatic carbocycles. The maximum atomic E-state index is 6.67. The number of allylic oxidation sites excluding steroid dienone is 1. The Morgan fingerprint density at radius 3 is 2.87 bits per heavy atom. The number of imidazole rings is 1. The van der Waals surface area contributed by atoms with Gasteiger partial charge in [0.1, 0.15) is 5.82 Å². The number of hydrogen-bond acceptors (Lipinski definition) is 5. The molecule has 1 unspecified atom stereocenters. The molecule has 0 radical (unpaired) electrons. The first-order valence-electron chi connectivity index (χ1n) is 11.0. The Kier molecular flexibility index (Phi) is 5.16. The third kappa shape index (κ3) is 3.79. The molecule has 0 saturated carbocycles. The third-order valence-electron chi connectivity index (χ3n) is 6.50. The molecular weight excluding hydrogens is 376 g/mol. The Bertz CT molecular complexity index is 1040. The lowest BCUT2D eigenvalue weighted by atomic mass is 9.88. The lowest BCUT2D eigenvalue weighted by Crippen LogP contribution is -2.44. The Morgan fingerprint density at radius 2 is 2.03 bits per heavy atom. The van der Waals surface area contributed by atoms with Gasteiger partial charge in [0.25, 0.3) is 0 Å². The predicted octanol–water partition coefficient (Wildman–Crippen LogP) is 3.57. The topological polar surface area (TPSA) is 60.5 Å². The fourth-order valence-corrected chi connectivity index (χ4v) is 4.75. The van der Waals surface area contributed by atoms with Crippen LogP contribution in [0.2, 0.25) is 0 Å². The molecule has 0 amide bonds. The average molecular weight is 407 g/mol.